The number of methoxy groups -OCH3 is 1. The maximum Gasteiger partial charge on any atom is 0.406 e. The van der Waals surface area contributed by atoms with Crippen molar-refractivity contribution in [2.24, 2.45) is 23.7 Å². The summed E-state index contributed by atoms with van der Waals surface area (Å²) in [6.45, 7) is 0.335. The zero-order valence-electron chi connectivity index (χ0n) is 16.6. The molecule has 0 bridgehead atoms. The predicted octanol–water partition coefficient (Wildman–Crippen LogP) is 2.34. The molecule has 1 fully saturated rings. The van der Waals surface area contributed by atoms with Crippen LogP contribution in [0.15, 0.2) is 36.4 Å². The number of likely N-dealkylation sites (tertiary alicyclic amines) is 1. The van der Waals surface area contributed by atoms with E-state index in [1.807, 2.05) is 18.2 Å². The number of nitrogens with zero attached hydrogens (tertiary/aromatic N) is 1. The molecule has 1 heterocycles. The van der Waals surface area contributed by atoms with Crippen molar-refractivity contribution >= 4 is 17.7 Å². The number of alkyl halides is 3. The largest absolute Gasteiger partial charge is 0.496 e. The minimum absolute atomic E-state index is 0.229. The van der Waals surface area contributed by atoms with Gasteiger partial charge in [0.2, 0.25) is 17.7 Å². The number of imide groups is 1. The van der Waals surface area contributed by atoms with E-state index in [9.17, 15) is 27.6 Å². The first-order valence-electron chi connectivity index (χ1n) is 9.64. The van der Waals surface area contributed by atoms with Crippen LogP contribution in [0.5, 0.6) is 5.75 Å². The normalized spacial score (nSPS) is 26.0. The van der Waals surface area contributed by atoms with Gasteiger partial charge in [-0.05, 0) is 24.0 Å². The number of benzene rings is 1. The molecular formula is C21H23F3N2O4. The van der Waals surface area contributed by atoms with E-state index in [1.165, 1.54) is 6.08 Å². The highest BCUT2D eigenvalue weighted by atomic mass is 19.4. The van der Waals surface area contributed by atoms with Gasteiger partial charge in [0.1, 0.15) is 12.3 Å². The van der Waals surface area contributed by atoms with Crippen molar-refractivity contribution in [3.63, 3.8) is 0 Å². The van der Waals surface area contributed by atoms with Gasteiger partial charge in [-0.1, -0.05) is 37.3 Å². The van der Waals surface area contributed by atoms with Gasteiger partial charge >= 0.3 is 6.18 Å². The van der Waals surface area contributed by atoms with E-state index in [2.05, 4.69) is 5.32 Å². The SMILES string of the molecule is COc1ccccc1CCNC(=O)[C@H]1[C@@H]2C(=O)N(CC(F)(F)F)C(=O)[C@@H]2C=C[C@H]1C. The van der Waals surface area contributed by atoms with Crippen LogP contribution in [0.4, 0.5) is 13.2 Å². The molecule has 3 rings (SSSR count). The Bertz CT molecular complexity index is 868. The first-order chi connectivity index (χ1) is 14.1. The van der Waals surface area contributed by atoms with E-state index < -0.39 is 48.2 Å². The summed E-state index contributed by atoms with van der Waals surface area (Å²) in [5.41, 5.74) is 0.887. The molecule has 6 nitrogen and oxygen atoms in total. The highest BCUT2D eigenvalue weighted by Gasteiger charge is 2.56. The van der Waals surface area contributed by atoms with E-state index in [1.54, 1.807) is 26.2 Å². The van der Waals surface area contributed by atoms with Gasteiger partial charge in [-0.25, -0.2) is 0 Å². The van der Waals surface area contributed by atoms with Crippen molar-refractivity contribution in [3.8, 4) is 5.75 Å². The second kappa shape index (κ2) is 8.49. The highest BCUT2D eigenvalue weighted by Crippen LogP contribution is 2.41. The molecule has 1 N–H and O–H groups in total. The highest BCUT2D eigenvalue weighted by molar-refractivity contribution is 6.08. The van der Waals surface area contributed by atoms with Gasteiger partial charge in [-0.15, -0.1) is 0 Å². The molecule has 4 atom stereocenters. The minimum Gasteiger partial charge on any atom is -0.496 e. The third-order valence-electron chi connectivity index (χ3n) is 5.59. The molecule has 0 aromatic heterocycles. The van der Waals surface area contributed by atoms with Crippen LogP contribution in [0.3, 0.4) is 0 Å². The minimum atomic E-state index is -4.69. The summed E-state index contributed by atoms with van der Waals surface area (Å²) < 4.78 is 43.7. The molecule has 1 aromatic carbocycles. The van der Waals surface area contributed by atoms with E-state index in [0.717, 1.165) is 5.56 Å². The molecule has 162 valence electrons. The molecule has 9 heteroatoms. The standard InChI is InChI=1S/C21H23F3N2O4/c1-12-7-8-14-17(20(29)26(19(14)28)11-21(22,23)24)16(12)18(27)25-10-9-13-5-3-4-6-15(13)30-2/h3-8,12,14,16-17H,9-11H2,1-2H3,(H,25,27)/t12-,14-,16-,17-/m1/s1. The molecule has 1 aliphatic carbocycles. The third kappa shape index (κ3) is 4.34. The number of halogens is 3. The summed E-state index contributed by atoms with van der Waals surface area (Å²) in [7, 11) is 1.54. The Kier molecular flexibility index (Phi) is 6.19. The Labute approximate surface area is 172 Å². The molecule has 0 spiro atoms. The topological polar surface area (TPSA) is 75.7 Å². The van der Waals surface area contributed by atoms with Crippen molar-refractivity contribution in [2.75, 3.05) is 20.2 Å². The van der Waals surface area contributed by atoms with Crippen LogP contribution < -0.4 is 10.1 Å². The summed E-state index contributed by atoms with van der Waals surface area (Å²) in [6, 6.07) is 7.33. The molecule has 2 aliphatic rings. The van der Waals surface area contributed by atoms with E-state index in [4.69, 9.17) is 4.74 Å². The summed E-state index contributed by atoms with van der Waals surface area (Å²) in [5.74, 6) is -5.08. The lowest BCUT2D eigenvalue weighted by Gasteiger charge is -2.30. The van der Waals surface area contributed by atoms with Crippen molar-refractivity contribution in [3.05, 3.63) is 42.0 Å². The zero-order chi connectivity index (χ0) is 22.1. The fraction of sp³-hybridized carbons (Fsp3) is 0.476. The number of rotatable bonds is 6. The van der Waals surface area contributed by atoms with Crippen LogP contribution in [0.1, 0.15) is 12.5 Å². The average molecular weight is 424 g/mol. The Morgan fingerprint density at radius 2 is 1.87 bits per heavy atom. The van der Waals surface area contributed by atoms with Crippen LogP contribution in [-0.4, -0.2) is 49.0 Å². The monoisotopic (exact) mass is 424 g/mol. The predicted molar refractivity (Wildman–Crippen MR) is 101 cm³/mol. The lowest BCUT2D eigenvalue weighted by molar-refractivity contribution is -0.166. The lowest BCUT2D eigenvalue weighted by Crippen LogP contribution is -2.45. The summed E-state index contributed by atoms with van der Waals surface area (Å²) >= 11 is 0. The number of nitrogens with one attached hydrogen (secondary N) is 1. The Morgan fingerprint density at radius 1 is 1.17 bits per heavy atom. The Morgan fingerprint density at radius 3 is 2.53 bits per heavy atom. The molecular weight excluding hydrogens is 401 g/mol. The molecule has 0 saturated carbocycles. The summed E-state index contributed by atoms with van der Waals surface area (Å²) in [4.78, 5) is 38.1. The number of hydrogen-bond donors (Lipinski definition) is 1. The zero-order valence-corrected chi connectivity index (χ0v) is 16.6. The fourth-order valence-corrected chi connectivity index (χ4v) is 4.18. The summed E-state index contributed by atoms with van der Waals surface area (Å²) in [5, 5.41) is 2.76. The number of carbonyl (C=O) groups is 3. The first kappa shape index (κ1) is 21.9. The molecule has 30 heavy (non-hydrogen) atoms. The fourth-order valence-electron chi connectivity index (χ4n) is 4.18. The number of amides is 3. The molecule has 0 unspecified atom stereocenters. The number of allylic oxidation sites excluding steroid dienone is 1. The first-order valence-corrected chi connectivity index (χ1v) is 9.64. The Hall–Kier alpha value is -2.84. The van der Waals surface area contributed by atoms with Gasteiger partial charge in [-0.2, -0.15) is 13.2 Å². The third-order valence-corrected chi connectivity index (χ3v) is 5.59. The molecule has 1 aliphatic heterocycles. The van der Waals surface area contributed by atoms with Gasteiger partial charge in [0.15, 0.2) is 0 Å². The number of carbonyl (C=O) groups excluding carboxylic acids is 3. The quantitative estimate of drug-likeness (QED) is 0.562. The second-order valence-corrected chi connectivity index (χ2v) is 7.55. The maximum absolute atomic E-state index is 12.9. The van der Waals surface area contributed by atoms with Gasteiger partial charge in [0.25, 0.3) is 0 Å². The van der Waals surface area contributed by atoms with Crippen molar-refractivity contribution < 1.29 is 32.3 Å². The van der Waals surface area contributed by atoms with Crippen LogP contribution in [0, 0.1) is 23.7 Å². The number of ether oxygens (including phenoxy) is 1. The molecule has 3 amide bonds. The number of fused-ring (bicyclic) bond motifs is 1. The van der Waals surface area contributed by atoms with Gasteiger partial charge < -0.3 is 10.1 Å². The van der Waals surface area contributed by atoms with Gasteiger partial charge in [0.05, 0.1) is 24.9 Å². The van der Waals surface area contributed by atoms with Crippen molar-refractivity contribution in [2.45, 2.75) is 19.5 Å². The maximum atomic E-state index is 12.9. The van der Waals surface area contributed by atoms with Crippen LogP contribution in [-0.2, 0) is 20.8 Å². The lowest BCUT2D eigenvalue weighted by atomic mass is 9.71. The van der Waals surface area contributed by atoms with E-state index >= 15 is 0 Å². The van der Waals surface area contributed by atoms with Crippen LogP contribution >= 0.6 is 0 Å². The molecule has 1 saturated heterocycles. The van der Waals surface area contributed by atoms with Crippen molar-refractivity contribution in [1.29, 1.82) is 0 Å². The number of hydrogen-bond acceptors (Lipinski definition) is 4. The van der Waals surface area contributed by atoms with E-state index in [-0.39, 0.29) is 17.4 Å². The average Bonchev–Trinajstić information content (AvgIpc) is 2.91. The van der Waals surface area contributed by atoms with E-state index in [0.29, 0.717) is 12.2 Å². The number of para-hydroxylation sites is 1. The Balaban J connectivity index is 1.71. The van der Waals surface area contributed by atoms with Gasteiger partial charge in [-0.3, -0.25) is 19.3 Å². The molecule has 0 radical (unpaired) electrons. The summed E-state index contributed by atoms with van der Waals surface area (Å²) in [6.07, 6.45) is -1.15. The van der Waals surface area contributed by atoms with Gasteiger partial charge in [0, 0.05) is 6.54 Å². The van der Waals surface area contributed by atoms with Crippen molar-refractivity contribution in [1.82, 2.24) is 10.2 Å². The smallest absolute Gasteiger partial charge is 0.406 e. The van der Waals surface area contributed by atoms with Crippen LogP contribution in [0.25, 0.3) is 0 Å². The van der Waals surface area contributed by atoms with Crippen LogP contribution in [0.2, 0.25) is 0 Å². The molecule has 1 aromatic rings. The second-order valence-electron chi connectivity index (χ2n) is 7.55.